The van der Waals surface area contributed by atoms with Gasteiger partial charge in [-0.05, 0) is 18.3 Å². The van der Waals surface area contributed by atoms with Crippen LogP contribution in [0.3, 0.4) is 0 Å². The van der Waals surface area contributed by atoms with Crippen LogP contribution in [-0.2, 0) is 6.54 Å². The van der Waals surface area contributed by atoms with Gasteiger partial charge in [0.15, 0.2) is 0 Å². The topological polar surface area (TPSA) is 38.1 Å². The molecule has 3 nitrogen and oxygen atoms in total. The zero-order valence-corrected chi connectivity index (χ0v) is 12.1. The van der Waals surface area contributed by atoms with Crippen molar-refractivity contribution in [2.24, 2.45) is 5.41 Å². The predicted octanol–water partition coefficient (Wildman–Crippen LogP) is 3.86. The maximum Gasteiger partial charge on any atom is 0.208 e. The van der Waals surface area contributed by atoms with Crippen molar-refractivity contribution in [3.8, 4) is 0 Å². The Morgan fingerprint density at radius 1 is 1.44 bits per heavy atom. The lowest BCUT2D eigenvalue weighted by Crippen LogP contribution is -2.25. The molecule has 0 aromatic carbocycles. The SMILES string of the molecule is CC(C)NCc1ncc(C2CCCCC2(C)C)o1. The summed E-state index contributed by atoms with van der Waals surface area (Å²) < 4.78 is 5.94. The lowest BCUT2D eigenvalue weighted by atomic mass is 9.68. The van der Waals surface area contributed by atoms with Gasteiger partial charge in [0.05, 0.1) is 12.7 Å². The van der Waals surface area contributed by atoms with Gasteiger partial charge in [0.1, 0.15) is 5.76 Å². The van der Waals surface area contributed by atoms with Gasteiger partial charge in [0.25, 0.3) is 0 Å². The highest BCUT2D eigenvalue weighted by Crippen LogP contribution is 2.46. The first kappa shape index (κ1) is 13.6. The summed E-state index contributed by atoms with van der Waals surface area (Å²) in [5.41, 5.74) is 0.348. The molecule has 1 N–H and O–H groups in total. The van der Waals surface area contributed by atoms with E-state index in [4.69, 9.17) is 4.42 Å². The molecule has 2 rings (SSSR count). The number of nitrogens with zero attached hydrogens (tertiary/aromatic N) is 1. The van der Waals surface area contributed by atoms with Crippen LogP contribution in [0.15, 0.2) is 10.6 Å². The number of hydrogen-bond acceptors (Lipinski definition) is 3. The lowest BCUT2D eigenvalue weighted by Gasteiger charge is -2.37. The molecule has 102 valence electrons. The van der Waals surface area contributed by atoms with Gasteiger partial charge in [-0.2, -0.15) is 0 Å². The van der Waals surface area contributed by atoms with Crippen LogP contribution >= 0.6 is 0 Å². The molecule has 1 aliphatic carbocycles. The van der Waals surface area contributed by atoms with Crippen LogP contribution in [-0.4, -0.2) is 11.0 Å². The molecule has 0 saturated heterocycles. The van der Waals surface area contributed by atoms with E-state index in [0.717, 1.165) is 18.2 Å². The molecule has 1 fully saturated rings. The zero-order chi connectivity index (χ0) is 13.2. The molecule has 0 bridgehead atoms. The fourth-order valence-corrected chi connectivity index (χ4v) is 2.88. The molecular weight excluding hydrogens is 224 g/mol. The molecule has 1 atom stereocenters. The Morgan fingerprint density at radius 3 is 2.89 bits per heavy atom. The molecule has 0 aliphatic heterocycles. The highest BCUT2D eigenvalue weighted by molar-refractivity contribution is 5.08. The van der Waals surface area contributed by atoms with E-state index in [9.17, 15) is 0 Å². The van der Waals surface area contributed by atoms with E-state index in [0.29, 0.717) is 17.4 Å². The van der Waals surface area contributed by atoms with Crippen molar-refractivity contribution in [1.82, 2.24) is 10.3 Å². The Morgan fingerprint density at radius 2 is 2.22 bits per heavy atom. The molecule has 0 radical (unpaired) electrons. The summed E-state index contributed by atoms with van der Waals surface area (Å²) in [7, 11) is 0. The molecule has 1 aromatic heterocycles. The third-order valence-corrected chi connectivity index (χ3v) is 4.08. The Kier molecular flexibility index (Phi) is 4.10. The average molecular weight is 250 g/mol. The largest absolute Gasteiger partial charge is 0.444 e. The van der Waals surface area contributed by atoms with Crippen molar-refractivity contribution in [1.29, 1.82) is 0 Å². The molecule has 1 aliphatic rings. The normalized spacial score (nSPS) is 23.5. The third-order valence-electron chi connectivity index (χ3n) is 4.08. The summed E-state index contributed by atoms with van der Waals surface area (Å²) >= 11 is 0. The van der Waals surface area contributed by atoms with E-state index in [-0.39, 0.29) is 0 Å². The number of aromatic nitrogens is 1. The standard InChI is InChI=1S/C15H26N2O/c1-11(2)16-10-14-17-9-13(18-14)12-7-5-6-8-15(12,3)4/h9,11-12,16H,5-8,10H2,1-4H3. The van der Waals surface area contributed by atoms with E-state index in [1.54, 1.807) is 0 Å². The van der Waals surface area contributed by atoms with Crippen molar-refractivity contribution < 1.29 is 4.42 Å². The minimum absolute atomic E-state index is 0.348. The Bertz CT molecular complexity index is 382. The maximum absolute atomic E-state index is 5.94. The van der Waals surface area contributed by atoms with Crippen LogP contribution in [0.1, 0.15) is 70.9 Å². The molecule has 3 heteroatoms. The number of rotatable bonds is 4. The van der Waals surface area contributed by atoms with E-state index in [1.165, 1.54) is 25.7 Å². The maximum atomic E-state index is 5.94. The molecule has 1 heterocycles. The van der Waals surface area contributed by atoms with Crippen LogP contribution in [0, 0.1) is 5.41 Å². The van der Waals surface area contributed by atoms with Crippen molar-refractivity contribution in [3.05, 3.63) is 17.8 Å². The summed E-state index contributed by atoms with van der Waals surface area (Å²) in [6.07, 6.45) is 7.13. The van der Waals surface area contributed by atoms with Gasteiger partial charge in [-0.1, -0.05) is 40.5 Å². The van der Waals surface area contributed by atoms with Crippen molar-refractivity contribution in [2.45, 2.75) is 71.9 Å². The fraction of sp³-hybridized carbons (Fsp3) is 0.800. The Labute approximate surface area is 110 Å². The Hall–Kier alpha value is -0.830. The summed E-state index contributed by atoms with van der Waals surface area (Å²) in [5.74, 6) is 2.44. The number of hydrogen-bond donors (Lipinski definition) is 1. The molecule has 1 unspecified atom stereocenters. The van der Waals surface area contributed by atoms with Gasteiger partial charge in [0.2, 0.25) is 5.89 Å². The Balaban J connectivity index is 2.04. The van der Waals surface area contributed by atoms with Gasteiger partial charge >= 0.3 is 0 Å². The average Bonchev–Trinajstić information content (AvgIpc) is 2.74. The summed E-state index contributed by atoms with van der Waals surface area (Å²) in [6.45, 7) is 9.70. The predicted molar refractivity (Wildman–Crippen MR) is 73.5 cm³/mol. The summed E-state index contributed by atoms with van der Waals surface area (Å²) in [5, 5.41) is 3.34. The first-order valence-electron chi connectivity index (χ1n) is 7.17. The summed E-state index contributed by atoms with van der Waals surface area (Å²) in [6, 6.07) is 0.464. The van der Waals surface area contributed by atoms with Crippen LogP contribution in [0.2, 0.25) is 0 Å². The lowest BCUT2D eigenvalue weighted by molar-refractivity contribution is 0.176. The highest BCUT2D eigenvalue weighted by atomic mass is 16.4. The van der Waals surface area contributed by atoms with Crippen LogP contribution in [0.4, 0.5) is 0 Å². The van der Waals surface area contributed by atoms with E-state index in [2.05, 4.69) is 38.0 Å². The van der Waals surface area contributed by atoms with Crippen molar-refractivity contribution in [2.75, 3.05) is 0 Å². The van der Waals surface area contributed by atoms with Gasteiger partial charge < -0.3 is 9.73 Å². The molecular formula is C15H26N2O. The number of oxazole rings is 1. The van der Waals surface area contributed by atoms with E-state index in [1.807, 2.05) is 6.20 Å². The highest BCUT2D eigenvalue weighted by Gasteiger charge is 2.35. The van der Waals surface area contributed by atoms with Crippen molar-refractivity contribution in [3.63, 3.8) is 0 Å². The fourth-order valence-electron chi connectivity index (χ4n) is 2.88. The first-order valence-corrected chi connectivity index (χ1v) is 7.17. The quantitative estimate of drug-likeness (QED) is 0.882. The second-order valence-corrected chi connectivity index (χ2v) is 6.48. The molecule has 0 amide bonds. The van der Waals surface area contributed by atoms with Crippen molar-refractivity contribution >= 4 is 0 Å². The molecule has 1 saturated carbocycles. The number of nitrogens with one attached hydrogen (secondary N) is 1. The minimum atomic E-state index is 0.348. The van der Waals surface area contributed by atoms with Gasteiger partial charge in [-0.25, -0.2) is 4.98 Å². The van der Waals surface area contributed by atoms with Gasteiger partial charge in [-0.15, -0.1) is 0 Å². The van der Waals surface area contributed by atoms with Gasteiger partial charge in [-0.3, -0.25) is 0 Å². The monoisotopic (exact) mass is 250 g/mol. The second kappa shape index (κ2) is 5.43. The van der Waals surface area contributed by atoms with Gasteiger partial charge in [0, 0.05) is 12.0 Å². The van der Waals surface area contributed by atoms with E-state index < -0.39 is 0 Å². The minimum Gasteiger partial charge on any atom is -0.444 e. The second-order valence-electron chi connectivity index (χ2n) is 6.48. The zero-order valence-electron chi connectivity index (χ0n) is 12.1. The third kappa shape index (κ3) is 3.14. The smallest absolute Gasteiger partial charge is 0.208 e. The summed E-state index contributed by atoms with van der Waals surface area (Å²) in [4.78, 5) is 4.40. The van der Waals surface area contributed by atoms with E-state index >= 15 is 0 Å². The van der Waals surface area contributed by atoms with Crippen LogP contribution in [0.5, 0.6) is 0 Å². The molecule has 18 heavy (non-hydrogen) atoms. The first-order chi connectivity index (χ1) is 8.49. The van der Waals surface area contributed by atoms with Crippen LogP contribution < -0.4 is 5.32 Å². The molecule has 1 aromatic rings. The molecule has 0 spiro atoms. The van der Waals surface area contributed by atoms with Crippen LogP contribution in [0.25, 0.3) is 0 Å².